The highest BCUT2D eigenvalue weighted by molar-refractivity contribution is 5.97. The summed E-state index contributed by atoms with van der Waals surface area (Å²) < 4.78 is 23.3. The van der Waals surface area contributed by atoms with Crippen molar-refractivity contribution in [3.8, 4) is 11.5 Å². The first kappa shape index (κ1) is 28.9. The first-order valence-electron chi connectivity index (χ1n) is 13.2. The van der Waals surface area contributed by atoms with Crippen molar-refractivity contribution in [3.05, 3.63) is 47.0 Å². The number of hydrogen-bond acceptors (Lipinski definition) is 7. The summed E-state index contributed by atoms with van der Waals surface area (Å²) in [6.07, 6.45) is 4.52. The Morgan fingerprint density at radius 3 is 1.84 bits per heavy atom. The Balaban J connectivity index is 1.86. The molecule has 0 amide bonds. The summed E-state index contributed by atoms with van der Waals surface area (Å²) in [5.74, 6) is 0.173. The number of unbranched alkanes of at least 4 members (excludes halogenated alkanes) is 2. The molecule has 2 atom stereocenters. The van der Waals surface area contributed by atoms with Crippen molar-refractivity contribution >= 4 is 16.7 Å². The number of aliphatic hydroxyl groups excluding tert-OH is 2. The van der Waals surface area contributed by atoms with Gasteiger partial charge in [-0.05, 0) is 19.3 Å². The van der Waals surface area contributed by atoms with E-state index in [-0.39, 0.29) is 38.4 Å². The Labute approximate surface area is 218 Å². The SMILES string of the molecule is CCCCOCC(O)COc1c2c(c(OCC(O)COCCCC)c3ccccc13)CC(C(=O)O)=CC2. The average Bonchev–Trinajstić information content (AvgIpc) is 2.90. The third-order valence-corrected chi connectivity index (χ3v) is 6.27. The predicted molar refractivity (Wildman–Crippen MR) is 142 cm³/mol. The maximum atomic E-state index is 11.8. The molecule has 1 aliphatic carbocycles. The van der Waals surface area contributed by atoms with E-state index >= 15 is 0 Å². The van der Waals surface area contributed by atoms with Gasteiger partial charge in [-0.1, -0.05) is 57.0 Å². The number of carboxylic acid groups (broad SMARTS) is 1. The van der Waals surface area contributed by atoms with Crippen molar-refractivity contribution in [2.24, 2.45) is 0 Å². The first-order chi connectivity index (χ1) is 18.0. The fourth-order valence-corrected chi connectivity index (χ4v) is 4.25. The van der Waals surface area contributed by atoms with Crippen LogP contribution in [-0.2, 0) is 27.1 Å². The van der Waals surface area contributed by atoms with Gasteiger partial charge in [0.2, 0.25) is 0 Å². The van der Waals surface area contributed by atoms with Crippen LogP contribution in [0.5, 0.6) is 11.5 Å². The molecule has 2 aromatic carbocycles. The molecule has 0 bridgehead atoms. The lowest BCUT2D eigenvalue weighted by Gasteiger charge is -2.26. The molecule has 2 unspecified atom stereocenters. The van der Waals surface area contributed by atoms with E-state index in [4.69, 9.17) is 18.9 Å². The van der Waals surface area contributed by atoms with Crippen LogP contribution in [0, 0.1) is 0 Å². The molecule has 0 heterocycles. The van der Waals surface area contributed by atoms with Crippen molar-refractivity contribution in [2.75, 3.05) is 39.6 Å². The maximum absolute atomic E-state index is 11.8. The topological polar surface area (TPSA) is 115 Å². The minimum atomic E-state index is -0.976. The quantitative estimate of drug-likeness (QED) is 0.270. The van der Waals surface area contributed by atoms with Crippen molar-refractivity contribution in [1.82, 2.24) is 0 Å². The lowest BCUT2D eigenvalue weighted by molar-refractivity contribution is -0.132. The molecule has 1 aliphatic rings. The molecular weight excluding hydrogens is 476 g/mol. The van der Waals surface area contributed by atoms with E-state index in [0.29, 0.717) is 31.1 Å². The Hall–Kier alpha value is -2.65. The normalized spacial score (nSPS) is 14.6. The van der Waals surface area contributed by atoms with Crippen LogP contribution in [0.1, 0.15) is 50.7 Å². The molecule has 2 aromatic rings. The number of aliphatic hydroxyl groups is 2. The Morgan fingerprint density at radius 1 is 0.838 bits per heavy atom. The van der Waals surface area contributed by atoms with Gasteiger partial charge in [-0.15, -0.1) is 0 Å². The van der Waals surface area contributed by atoms with E-state index < -0.39 is 18.2 Å². The summed E-state index contributed by atoms with van der Waals surface area (Å²) in [5, 5.41) is 32.0. The van der Waals surface area contributed by atoms with E-state index in [2.05, 4.69) is 13.8 Å². The fourth-order valence-electron chi connectivity index (χ4n) is 4.25. The molecule has 37 heavy (non-hydrogen) atoms. The third-order valence-electron chi connectivity index (χ3n) is 6.27. The molecule has 3 N–H and O–H groups in total. The molecule has 0 aliphatic heterocycles. The van der Waals surface area contributed by atoms with Gasteiger partial charge in [0.25, 0.3) is 0 Å². The Bertz CT molecular complexity index is 1050. The summed E-state index contributed by atoms with van der Waals surface area (Å²) in [6, 6.07) is 7.59. The molecule has 0 fully saturated rings. The Morgan fingerprint density at radius 2 is 1.35 bits per heavy atom. The van der Waals surface area contributed by atoms with E-state index in [1.54, 1.807) is 6.08 Å². The van der Waals surface area contributed by atoms with Gasteiger partial charge in [0, 0.05) is 47.1 Å². The number of fused-ring (bicyclic) bond motifs is 2. The highest BCUT2D eigenvalue weighted by Gasteiger charge is 2.27. The van der Waals surface area contributed by atoms with Crippen molar-refractivity contribution in [3.63, 3.8) is 0 Å². The minimum absolute atomic E-state index is 0.0166. The molecule has 8 nitrogen and oxygen atoms in total. The van der Waals surface area contributed by atoms with Gasteiger partial charge >= 0.3 is 5.97 Å². The molecule has 3 rings (SSSR count). The van der Waals surface area contributed by atoms with Crippen LogP contribution < -0.4 is 9.47 Å². The van der Waals surface area contributed by atoms with Gasteiger partial charge < -0.3 is 34.3 Å². The third kappa shape index (κ3) is 8.17. The standard InChI is InChI=1S/C29H40O8/c1-3-5-13-34-16-21(30)18-36-27-23-9-7-8-10-24(23)28(37-19-22(31)17-35-14-6-4-2)26-15-20(29(32)33)11-12-25(26)27/h7-11,21-22,30-31H,3-6,12-19H2,1-2H3,(H,32,33). The van der Waals surface area contributed by atoms with E-state index in [1.807, 2.05) is 24.3 Å². The summed E-state index contributed by atoms with van der Waals surface area (Å²) >= 11 is 0. The number of carbonyl (C=O) groups is 1. The van der Waals surface area contributed by atoms with Crippen molar-refractivity contribution in [1.29, 1.82) is 0 Å². The Kier molecular flexibility index (Phi) is 11.7. The lowest BCUT2D eigenvalue weighted by Crippen LogP contribution is -2.25. The zero-order valence-electron chi connectivity index (χ0n) is 21.9. The predicted octanol–water partition coefficient (Wildman–Crippen LogP) is 4.06. The van der Waals surface area contributed by atoms with Crippen LogP contribution in [0.4, 0.5) is 0 Å². The molecule has 8 heteroatoms. The molecule has 204 valence electrons. The number of rotatable bonds is 17. The van der Waals surface area contributed by atoms with Gasteiger partial charge in [-0.2, -0.15) is 0 Å². The monoisotopic (exact) mass is 516 g/mol. The number of allylic oxidation sites excluding steroid dienone is 1. The van der Waals surface area contributed by atoms with Crippen LogP contribution in [0.15, 0.2) is 35.9 Å². The van der Waals surface area contributed by atoms with Crippen molar-refractivity contribution in [2.45, 2.75) is 64.6 Å². The van der Waals surface area contributed by atoms with Crippen LogP contribution in [0.2, 0.25) is 0 Å². The summed E-state index contributed by atoms with van der Waals surface area (Å²) in [6.45, 7) is 5.75. The van der Waals surface area contributed by atoms with Crippen LogP contribution in [-0.4, -0.2) is 73.1 Å². The maximum Gasteiger partial charge on any atom is 0.331 e. The van der Waals surface area contributed by atoms with Crippen LogP contribution in [0.25, 0.3) is 10.8 Å². The highest BCUT2D eigenvalue weighted by atomic mass is 16.5. The van der Waals surface area contributed by atoms with Gasteiger partial charge in [0.05, 0.1) is 13.2 Å². The van der Waals surface area contributed by atoms with Crippen molar-refractivity contribution < 1.29 is 39.1 Å². The first-order valence-corrected chi connectivity index (χ1v) is 13.2. The molecule has 0 saturated carbocycles. The van der Waals surface area contributed by atoms with E-state index in [0.717, 1.165) is 47.6 Å². The second-order valence-corrected chi connectivity index (χ2v) is 9.36. The smallest absolute Gasteiger partial charge is 0.331 e. The van der Waals surface area contributed by atoms with Gasteiger partial charge in [0.1, 0.15) is 36.9 Å². The second-order valence-electron chi connectivity index (χ2n) is 9.36. The summed E-state index contributed by atoms with van der Waals surface area (Å²) in [4.78, 5) is 11.8. The highest BCUT2D eigenvalue weighted by Crippen LogP contribution is 2.44. The zero-order valence-corrected chi connectivity index (χ0v) is 21.9. The van der Waals surface area contributed by atoms with Gasteiger partial charge in [-0.3, -0.25) is 0 Å². The van der Waals surface area contributed by atoms with E-state index in [9.17, 15) is 20.1 Å². The second kappa shape index (κ2) is 14.9. The van der Waals surface area contributed by atoms with Gasteiger partial charge in [-0.25, -0.2) is 4.79 Å². The zero-order chi connectivity index (χ0) is 26.6. The molecule has 0 saturated heterocycles. The summed E-state index contributed by atoms with van der Waals surface area (Å²) in [7, 11) is 0. The fraction of sp³-hybridized carbons (Fsp3) is 0.552. The van der Waals surface area contributed by atoms with Crippen LogP contribution in [0.3, 0.4) is 0 Å². The number of hydrogen-bond donors (Lipinski definition) is 3. The molecule has 0 aromatic heterocycles. The molecule has 0 radical (unpaired) electrons. The largest absolute Gasteiger partial charge is 0.490 e. The average molecular weight is 517 g/mol. The number of ether oxygens (including phenoxy) is 4. The molecular formula is C29H40O8. The lowest BCUT2D eigenvalue weighted by atomic mass is 9.87. The minimum Gasteiger partial charge on any atom is -0.490 e. The number of carboxylic acids is 1. The van der Waals surface area contributed by atoms with E-state index in [1.165, 1.54) is 0 Å². The number of benzene rings is 2. The number of aliphatic carboxylic acids is 1. The molecule has 0 spiro atoms. The summed E-state index contributed by atoms with van der Waals surface area (Å²) in [5.41, 5.74) is 1.83. The van der Waals surface area contributed by atoms with Gasteiger partial charge in [0.15, 0.2) is 0 Å². The van der Waals surface area contributed by atoms with Crippen LogP contribution >= 0.6 is 0 Å².